The van der Waals surface area contributed by atoms with Crippen LogP contribution in [0.1, 0.15) is 6.42 Å². The molecule has 1 fully saturated rings. The zero-order valence-corrected chi connectivity index (χ0v) is 10.4. The number of carbonyl (C=O) groups excluding carboxylic acids is 1. The van der Waals surface area contributed by atoms with E-state index in [1.54, 1.807) is 12.0 Å². The lowest BCUT2D eigenvalue weighted by Crippen LogP contribution is -2.55. The van der Waals surface area contributed by atoms with Gasteiger partial charge < -0.3 is 20.1 Å². The fourth-order valence-electron chi connectivity index (χ4n) is 2.13. The Balaban J connectivity index is 2.18. The second-order valence-corrected chi connectivity index (χ2v) is 4.21. The first-order chi connectivity index (χ1) is 8.76. The number of aliphatic hydroxyl groups excluding tert-OH is 1. The number of methoxy groups -OCH3 is 1. The van der Waals surface area contributed by atoms with Gasteiger partial charge in [0.2, 0.25) is 5.91 Å². The molecule has 0 spiro atoms. The second kappa shape index (κ2) is 5.84. The fraction of sp³-hybridized carbons (Fsp3) is 0.462. The number of ether oxygens (including phenoxy) is 1. The van der Waals surface area contributed by atoms with E-state index in [4.69, 9.17) is 9.84 Å². The lowest BCUT2D eigenvalue weighted by molar-refractivity contribution is -0.122. The third kappa shape index (κ3) is 2.63. The number of piperazine rings is 1. The quantitative estimate of drug-likeness (QED) is 0.811. The van der Waals surface area contributed by atoms with Crippen LogP contribution in [0.15, 0.2) is 24.3 Å². The van der Waals surface area contributed by atoms with Crippen molar-refractivity contribution in [1.29, 1.82) is 0 Å². The highest BCUT2D eigenvalue weighted by Crippen LogP contribution is 2.22. The molecule has 1 atom stereocenters. The van der Waals surface area contributed by atoms with Gasteiger partial charge in [0.1, 0.15) is 5.75 Å². The number of nitrogens with one attached hydrogen (secondary N) is 1. The van der Waals surface area contributed by atoms with Crippen molar-refractivity contribution in [3.63, 3.8) is 0 Å². The third-order valence-electron chi connectivity index (χ3n) is 3.07. The summed E-state index contributed by atoms with van der Waals surface area (Å²) in [7, 11) is 1.60. The molecule has 1 aliphatic rings. The molecular weight excluding hydrogens is 232 g/mol. The number of benzene rings is 1. The van der Waals surface area contributed by atoms with E-state index in [1.165, 1.54) is 0 Å². The molecule has 5 heteroatoms. The summed E-state index contributed by atoms with van der Waals surface area (Å²) in [6.45, 7) is 1.37. The van der Waals surface area contributed by atoms with Gasteiger partial charge in [-0.25, -0.2) is 0 Å². The lowest BCUT2D eigenvalue weighted by atomic mass is 10.1. The number of anilines is 1. The number of hydrogen-bond donors (Lipinski definition) is 2. The van der Waals surface area contributed by atoms with E-state index < -0.39 is 0 Å². The number of hydrogen-bond acceptors (Lipinski definition) is 4. The molecule has 98 valence electrons. The molecule has 1 unspecified atom stereocenters. The average molecular weight is 250 g/mol. The maximum Gasteiger partial charge on any atom is 0.244 e. The minimum Gasteiger partial charge on any atom is -0.497 e. The van der Waals surface area contributed by atoms with Crippen molar-refractivity contribution in [1.82, 2.24) is 5.32 Å². The second-order valence-electron chi connectivity index (χ2n) is 4.21. The van der Waals surface area contributed by atoms with Crippen molar-refractivity contribution >= 4 is 11.6 Å². The summed E-state index contributed by atoms with van der Waals surface area (Å²) in [6, 6.07) is 7.15. The zero-order valence-electron chi connectivity index (χ0n) is 10.4. The predicted molar refractivity (Wildman–Crippen MR) is 68.8 cm³/mol. The molecule has 2 rings (SSSR count). The molecule has 1 aliphatic heterocycles. The Hall–Kier alpha value is -1.59. The van der Waals surface area contributed by atoms with Crippen LogP contribution in [0.2, 0.25) is 0 Å². The zero-order chi connectivity index (χ0) is 13.0. The van der Waals surface area contributed by atoms with Crippen LogP contribution in [0.25, 0.3) is 0 Å². The number of aliphatic hydroxyl groups is 1. The molecule has 18 heavy (non-hydrogen) atoms. The van der Waals surface area contributed by atoms with Crippen molar-refractivity contribution in [2.45, 2.75) is 12.5 Å². The molecule has 1 aromatic rings. The van der Waals surface area contributed by atoms with Gasteiger partial charge in [0, 0.05) is 31.5 Å². The van der Waals surface area contributed by atoms with Crippen molar-refractivity contribution in [3.8, 4) is 5.75 Å². The van der Waals surface area contributed by atoms with Crippen LogP contribution in [0.4, 0.5) is 5.69 Å². The number of amides is 1. The Morgan fingerprint density at radius 1 is 1.56 bits per heavy atom. The standard InChI is InChI=1S/C13H18N2O3/c1-18-11-4-2-3-10(9-11)15-7-6-14-12(5-8-16)13(15)17/h2-4,9,12,14,16H,5-8H2,1H3. The lowest BCUT2D eigenvalue weighted by Gasteiger charge is -2.33. The van der Waals surface area contributed by atoms with Crippen molar-refractivity contribution in [2.24, 2.45) is 0 Å². The smallest absolute Gasteiger partial charge is 0.244 e. The van der Waals surface area contributed by atoms with E-state index >= 15 is 0 Å². The number of carbonyl (C=O) groups is 1. The predicted octanol–water partition coefficient (Wildman–Crippen LogP) is 0.382. The minimum atomic E-state index is -0.296. The van der Waals surface area contributed by atoms with Crippen LogP contribution < -0.4 is 15.0 Å². The summed E-state index contributed by atoms with van der Waals surface area (Å²) in [4.78, 5) is 14.0. The molecule has 0 bridgehead atoms. The van der Waals surface area contributed by atoms with Gasteiger partial charge in [-0.2, -0.15) is 0 Å². The largest absolute Gasteiger partial charge is 0.497 e. The summed E-state index contributed by atoms with van der Waals surface area (Å²) in [5.74, 6) is 0.737. The number of nitrogens with zero attached hydrogens (tertiary/aromatic N) is 1. The van der Waals surface area contributed by atoms with Crippen LogP contribution >= 0.6 is 0 Å². The Kier molecular flexibility index (Phi) is 4.17. The summed E-state index contributed by atoms with van der Waals surface area (Å²) in [5.41, 5.74) is 0.837. The highest BCUT2D eigenvalue weighted by Gasteiger charge is 2.28. The van der Waals surface area contributed by atoms with Gasteiger partial charge in [-0.3, -0.25) is 4.79 Å². The Labute approximate surface area is 106 Å². The average Bonchev–Trinajstić information content (AvgIpc) is 2.41. The minimum absolute atomic E-state index is 0.00329. The highest BCUT2D eigenvalue weighted by atomic mass is 16.5. The van der Waals surface area contributed by atoms with E-state index in [-0.39, 0.29) is 18.6 Å². The summed E-state index contributed by atoms with van der Waals surface area (Å²) < 4.78 is 5.16. The SMILES string of the molecule is COc1cccc(N2CCNC(CCO)C2=O)c1. The van der Waals surface area contributed by atoms with Gasteiger partial charge in [-0.1, -0.05) is 6.07 Å². The monoisotopic (exact) mass is 250 g/mol. The first-order valence-corrected chi connectivity index (χ1v) is 6.06. The molecular formula is C13H18N2O3. The van der Waals surface area contributed by atoms with E-state index in [2.05, 4.69) is 5.32 Å². The molecule has 0 aliphatic carbocycles. The highest BCUT2D eigenvalue weighted by molar-refractivity contribution is 5.98. The van der Waals surface area contributed by atoms with Crippen LogP contribution in [-0.4, -0.2) is 43.9 Å². The van der Waals surface area contributed by atoms with E-state index in [0.717, 1.165) is 18.0 Å². The molecule has 0 saturated carbocycles. The molecule has 1 aromatic carbocycles. The van der Waals surface area contributed by atoms with Crippen molar-refractivity contribution < 1.29 is 14.6 Å². The van der Waals surface area contributed by atoms with Crippen LogP contribution in [0, 0.1) is 0 Å². The third-order valence-corrected chi connectivity index (χ3v) is 3.07. The van der Waals surface area contributed by atoms with E-state index in [0.29, 0.717) is 13.0 Å². The van der Waals surface area contributed by atoms with E-state index in [1.807, 2.05) is 24.3 Å². The van der Waals surface area contributed by atoms with Crippen LogP contribution in [0.3, 0.4) is 0 Å². The Bertz CT molecular complexity index is 420. The van der Waals surface area contributed by atoms with Gasteiger partial charge in [0.25, 0.3) is 0 Å². The van der Waals surface area contributed by atoms with Crippen LogP contribution in [-0.2, 0) is 4.79 Å². The molecule has 1 saturated heterocycles. The molecule has 5 nitrogen and oxygen atoms in total. The normalized spacial score (nSPS) is 20.0. The Morgan fingerprint density at radius 3 is 3.11 bits per heavy atom. The van der Waals surface area contributed by atoms with Crippen molar-refractivity contribution in [3.05, 3.63) is 24.3 Å². The molecule has 1 heterocycles. The van der Waals surface area contributed by atoms with Gasteiger partial charge in [0.15, 0.2) is 0 Å². The fourth-order valence-corrected chi connectivity index (χ4v) is 2.13. The molecule has 0 aromatic heterocycles. The summed E-state index contributed by atoms with van der Waals surface area (Å²) >= 11 is 0. The first-order valence-electron chi connectivity index (χ1n) is 6.06. The van der Waals surface area contributed by atoms with Crippen LogP contribution in [0.5, 0.6) is 5.75 Å². The van der Waals surface area contributed by atoms with Gasteiger partial charge in [-0.15, -0.1) is 0 Å². The van der Waals surface area contributed by atoms with Gasteiger partial charge in [0.05, 0.1) is 13.2 Å². The maximum atomic E-state index is 12.2. The molecule has 0 radical (unpaired) electrons. The topological polar surface area (TPSA) is 61.8 Å². The Morgan fingerprint density at radius 2 is 2.39 bits per heavy atom. The first kappa shape index (κ1) is 12.9. The molecule has 2 N–H and O–H groups in total. The van der Waals surface area contributed by atoms with Gasteiger partial charge in [-0.05, 0) is 18.6 Å². The maximum absolute atomic E-state index is 12.2. The van der Waals surface area contributed by atoms with Gasteiger partial charge >= 0.3 is 0 Å². The molecule has 1 amide bonds. The van der Waals surface area contributed by atoms with Crippen molar-refractivity contribution in [2.75, 3.05) is 31.7 Å². The van der Waals surface area contributed by atoms with E-state index in [9.17, 15) is 4.79 Å². The summed E-state index contributed by atoms with van der Waals surface area (Å²) in [5, 5.41) is 12.1. The summed E-state index contributed by atoms with van der Waals surface area (Å²) in [6.07, 6.45) is 0.444. The number of rotatable bonds is 4.